The van der Waals surface area contributed by atoms with Gasteiger partial charge in [-0.15, -0.1) is 0 Å². The van der Waals surface area contributed by atoms with Crippen molar-refractivity contribution in [2.24, 2.45) is 0 Å². The van der Waals surface area contributed by atoms with Crippen LogP contribution in [0, 0.1) is 0 Å². The molecule has 0 aliphatic carbocycles. The van der Waals surface area contributed by atoms with E-state index in [1.54, 1.807) is 13.0 Å². The Balaban J connectivity index is 0.00000196. The number of hydrogen-bond acceptors (Lipinski definition) is 2. The van der Waals surface area contributed by atoms with Gasteiger partial charge in [0.1, 0.15) is 0 Å². The van der Waals surface area contributed by atoms with Gasteiger partial charge in [-0.1, -0.05) is 42.5 Å². The second-order valence-electron chi connectivity index (χ2n) is 2.95. The van der Waals surface area contributed by atoms with Crippen molar-refractivity contribution in [1.29, 1.82) is 0 Å². The van der Waals surface area contributed by atoms with E-state index in [9.17, 15) is 9.90 Å². The fourth-order valence-corrected chi connectivity index (χ4v) is 1.03. The van der Waals surface area contributed by atoms with E-state index in [1.807, 2.05) is 36.4 Å². The Morgan fingerprint density at radius 1 is 1.27 bits per heavy atom. The van der Waals surface area contributed by atoms with Crippen LogP contribution >= 0.6 is 0 Å². The number of aliphatic carboxylic acids is 1. The maximum absolute atomic E-state index is 10.2. The summed E-state index contributed by atoms with van der Waals surface area (Å²) in [5, 5.41) is 10.2. The first kappa shape index (κ1) is 14.2. The molecule has 0 unspecified atom stereocenters. The average Bonchev–Trinajstić information content (AvgIpc) is 2.15. The number of rotatable bonds is 3. The van der Waals surface area contributed by atoms with Crippen molar-refractivity contribution in [3.05, 3.63) is 53.6 Å². The molecule has 0 aliphatic rings. The molecule has 1 aromatic rings. The van der Waals surface area contributed by atoms with Crippen LogP contribution in [0.15, 0.2) is 48.1 Å². The van der Waals surface area contributed by atoms with Crippen molar-refractivity contribution in [2.45, 2.75) is 6.92 Å². The van der Waals surface area contributed by atoms with Crippen molar-refractivity contribution in [2.75, 3.05) is 0 Å². The smallest absolute Gasteiger partial charge is 0.545 e. The number of carbonyl (C=O) groups is 1. The second-order valence-corrected chi connectivity index (χ2v) is 2.95. The molecule has 0 spiro atoms. The molecule has 0 atom stereocenters. The summed E-state index contributed by atoms with van der Waals surface area (Å²) in [6, 6.07) is 9.68. The third kappa shape index (κ3) is 6.28. The van der Waals surface area contributed by atoms with E-state index < -0.39 is 5.97 Å². The monoisotopic (exact) mass is 210 g/mol. The van der Waals surface area contributed by atoms with E-state index in [2.05, 4.69) is 0 Å². The summed E-state index contributed by atoms with van der Waals surface area (Å²) in [6.45, 7) is 1.72. The van der Waals surface area contributed by atoms with E-state index in [-0.39, 0.29) is 29.6 Å². The van der Waals surface area contributed by atoms with E-state index in [1.165, 1.54) is 0 Å². The fourth-order valence-electron chi connectivity index (χ4n) is 1.03. The summed E-state index contributed by atoms with van der Waals surface area (Å²) in [5.41, 5.74) is 1.70. The molecule has 0 saturated carbocycles. The molecule has 0 radical (unpaired) electrons. The maximum atomic E-state index is 10.2. The summed E-state index contributed by atoms with van der Waals surface area (Å²) in [6.07, 6.45) is 4.67. The Kier molecular flexibility index (Phi) is 7.05. The average molecular weight is 210 g/mol. The molecule has 2 nitrogen and oxygen atoms in total. The molecule has 3 heteroatoms. The fraction of sp³-hybridized carbons (Fsp3) is 0.0833. The van der Waals surface area contributed by atoms with E-state index in [0.717, 1.165) is 11.6 Å². The molecule has 0 N–H and O–H groups in total. The van der Waals surface area contributed by atoms with Gasteiger partial charge in [0.2, 0.25) is 0 Å². The number of carboxylic acids is 1. The number of carbonyl (C=O) groups excluding carboxylic acids is 1. The zero-order valence-electron chi connectivity index (χ0n) is 8.94. The summed E-state index contributed by atoms with van der Waals surface area (Å²) >= 11 is 0. The molecule has 0 fully saturated rings. The van der Waals surface area contributed by atoms with Gasteiger partial charge in [0.05, 0.1) is 5.97 Å². The van der Waals surface area contributed by atoms with Crippen LogP contribution in [0.1, 0.15) is 12.5 Å². The third-order valence-corrected chi connectivity index (χ3v) is 1.68. The van der Waals surface area contributed by atoms with E-state index in [4.69, 9.17) is 0 Å². The number of carboxylic acid groups (broad SMARTS) is 1. The van der Waals surface area contributed by atoms with Crippen LogP contribution in [0.25, 0.3) is 6.08 Å². The normalized spacial score (nSPS) is 11.1. The first-order valence-electron chi connectivity index (χ1n) is 4.31. The van der Waals surface area contributed by atoms with Crippen LogP contribution in [0.4, 0.5) is 0 Å². The summed E-state index contributed by atoms with van der Waals surface area (Å²) in [4.78, 5) is 10.2. The van der Waals surface area contributed by atoms with Crippen LogP contribution in [-0.2, 0) is 4.79 Å². The molecule has 15 heavy (non-hydrogen) atoms. The molecule has 1 aromatic carbocycles. The minimum Gasteiger partial charge on any atom is -0.545 e. The van der Waals surface area contributed by atoms with Crippen LogP contribution in [0.2, 0.25) is 0 Å². The number of allylic oxidation sites excluding steroid dienone is 2. The predicted molar refractivity (Wildman–Crippen MR) is 54.2 cm³/mol. The summed E-state index contributed by atoms with van der Waals surface area (Å²) in [7, 11) is 0. The van der Waals surface area contributed by atoms with Gasteiger partial charge in [-0.3, -0.25) is 0 Å². The van der Waals surface area contributed by atoms with Crippen molar-refractivity contribution in [1.82, 2.24) is 0 Å². The van der Waals surface area contributed by atoms with Crippen molar-refractivity contribution in [3.63, 3.8) is 0 Å². The van der Waals surface area contributed by atoms with Crippen molar-refractivity contribution < 1.29 is 39.5 Å². The first-order chi connectivity index (χ1) is 6.68. The molecule has 72 valence electrons. The molecular formula is C12H11NaO2. The van der Waals surface area contributed by atoms with Gasteiger partial charge in [-0.25, -0.2) is 0 Å². The summed E-state index contributed by atoms with van der Waals surface area (Å²) in [5.74, 6) is -1.17. The minimum absolute atomic E-state index is 0. The molecule has 0 aliphatic heterocycles. The van der Waals surface area contributed by atoms with Gasteiger partial charge in [-0.2, -0.15) is 0 Å². The van der Waals surface area contributed by atoms with E-state index in [0.29, 0.717) is 5.57 Å². The Hall–Kier alpha value is -0.830. The van der Waals surface area contributed by atoms with Crippen molar-refractivity contribution in [3.8, 4) is 0 Å². The van der Waals surface area contributed by atoms with Crippen LogP contribution in [-0.4, -0.2) is 5.97 Å². The standard InChI is InChI=1S/C12H12O2.Na/c1-10(9-12(13)14)7-8-11-5-3-2-4-6-11;/h2-9H,1H3,(H,13,14);/q;+1/p-1/b8-7-,10-9-;. The molecule has 0 saturated heterocycles. The van der Waals surface area contributed by atoms with Gasteiger partial charge in [0, 0.05) is 0 Å². The maximum Gasteiger partial charge on any atom is 1.00 e. The Morgan fingerprint density at radius 3 is 2.40 bits per heavy atom. The minimum atomic E-state index is -1.17. The SMILES string of the molecule is CC(/C=C\c1ccccc1)=C/C(=O)[O-].[Na+]. The van der Waals surface area contributed by atoms with Crippen LogP contribution in [0.5, 0.6) is 0 Å². The predicted octanol–water partition coefficient (Wildman–Crippen LogP) is -1.60. The summed E-state index contributed by atoms with van der Waals surface area (Å²) < 4.78 is 0. The van der Waals surface area contributed by atoms with E-state index >= 15 is 0 Å². The third-order valence-electron chi connectivity index (χ3n) is 1.68. The van der Waals surface area contributed by atoms with Gasteiger partial charge in [0.25, 0.3) is 0 Å². The van der Waals surface area contributed by atoms with Crippen molar-refractivity contribution >= 4 is 12.0 Å². The van der Waals surface area contributed by atoms with Gasteiger partial charge < -0.3 is 9.90 Å². The number of hydrogen-bond donors (Lipinski definition) is 0. The van der Waals surface area contributed by atoms with Gasteiger partial charge in [-0.05, 0) is 24.1 Å². The largest absolute Gasteiger partial charge is 1.00 e. The zero-order chi connectivity index (χ0) is 10.4. The Bertz CT molecular complexity index is 366. The molecule has 0 aromatic heterocycles. The Morgan fingerprint density at radius 2 is 1.87 bits per heavy atom. The van der Waals surface area contributed by atoms with Crippen LogP contribution < -0.4 is 34.7 Å². The Labute approximate surface area is 112 Å². The quantitative estimate of drug-likeness (QED) is 0.342. The topological polar surface area (TPSA) is 40.1 Å². The van der Waals surface area contributed by atoms with Gasteiger partial charge in [0.15, 0.2) is 0 Å². The zero-order valence-corrected chi connectivity index (χ0v) is 10.9. The van der Waals surface area contributed by atoms with Gasteiger partial charge >= 0.3 is 29.6 Å². The number of benzene rings is 1. The molecule has 0 amide bonds. The molecular weight excluding hydrogens is 199 g/mol. The first-order valence-corrected chi connectivity index (χ1v) is 4.31. The molecule has 0 heterocycles. The second kappa shape index (κ2) is 7.46. The molecule has 1 rings (SSSR count). The molecule has 0 bridgehead atoms. The van der Waals surface area contributed by atoms with Crippen LogP contribution in [0.3, 0.4) is 0 Å².